The van der Waals surface area contributed by atoms with E-state index in [4.69, 9.17) is 23.2 Å². The van der Waals surface area contributed by atoms with Gasteiger partial charge in [0.05, 0.1) is 0 Å². The average molecular weight is 353 g/mol. The molecule has 23 heavy (non-hydrogen) atoms. The summed E-state index contributed by atoms with van der Waals surface area (Å²) in [4.78, 5) is 23.6. The number of benzene rings is 2. The molecule has 0 heterocycles. The number of nitrogens with one attached hydrogen (secondary N) is 4. The predicted molar refractivity (Wildman–Crippen MR) is 91.6 cm³/mol. The lowest BCUT2D eigenvalue weighted by Crippen LogP contribution is -2.54. The third-order valence-electron chi connectivity index (χ3n) is 2.60. The number of amides is 4. The number of carbonyl (C=O) groups excluding carboxylic acids is 2. The Morgan fingerprint density at radius 2 is 1.04 bits per heavy atom. The number of halogens is 2. The van der Waals surface area contributed by atoms with E-state index in [9.17, 15) is 9.59 Å². The molecule has 0 aliphatic heterocycles. The predicted octanol–water partition coefficient (Wildman–Crippen LogP) is 3.72. The van der Waals surface area contributed by atoms with Gasteiger partial charge in [-0.3, -0.25) is 10.6 Å². The monoisotopic (exact) mass is 352 g/mol. The van der Waals surface area contributed by atoms with Gasteiger partial charge in [0.25, 0.3) is 4.58 Å². The normalized spacial score (nSPS) is 10.5. The lowest BCUT2D eigenvalue weighted by Gasteiger charge is -2.22. The summed E-state index contributed by atoms with van der Waals surface area (Å²) in [6, 6.07) is 16.1. The van der Waals surface area contributed by atoms with Crippen LogP contribution in [0.2, 0.25) is 0 Å². The highest BCUT2D eigenvalue weighted by atomic mass is 35.5. The second kappa shape index (κ2) is 7.71. The molecule has 0 aromatic heterocycles. The highest BCUT2D eigenvalue weighted by Crippen LogP contribution is 2.14. The highest BCUT2D eigenvalue weighted by Gasteiger charge is 2.28. The molecular formula is C15H14Cl2N4O2. The molecule has 120 valence electrons. The van der Waals surface area contributed by atoms with Crippen molar-refractivity contribution in [3.8, 4) is 0 Å². The lowest BCUT2D eigenvalue weighted by atomic mass is 10.3. The molecule has 0 saturated carbocycles. The maximum absolute atomic E-state index is 11.8. The van der Waals surface area contributed by atoms with Crippen LogP contribution in [0.5, 0.6) is 0 Å². The third kappa shape index (κ3) is 6.06. The standard InChI is InChI=1S/C15H14Cl2N4O2/c16-15(17,20-13(22)18-11-7-3-1-4-8-11)21-14(23)19-12-9-5-2-6-10-12/h1-10H,(H2,18,20,22)(H2,19,21,23). The maximum atomic E-state index is 11.8. The van der Waals surface area contributed by atoms with Crippen molar-refractivity contribution in [2.45, 2.75) is 4.58 Å². The zero-order valence-electron chi connectivity index (χ0n) is 11.8. The van der Waals surface area contributed by atoms with Gasteiger partial charge in [0.2, 0.25) is 0 Å². The topological polar surface area (TPSA) is 82.3 Å². The van der Waals surface area contributed by atoms with Crippen LogP contribution in [0.1, 0.15) is 0 Å². The van der Waals surface area contributed by atoms with Crippen LogP contribution in [0.25, 0.3) is 0 Å². The maximum Gasteiger partial charge on any atom is 0.322 e. The van der Waals surface area contributed by atoms with Crippen molar-refractivity contribution in [3.63, 3.8) is 0 Å². The number of alkyl halides is 2. The summed E-state index contributed by atoms with van der Waals surface area (Å²) in [6.07, 6.45) is 0. The molecule has 2 aromatic carbocycles. The van der Waals surface area contributed by atoms with Crippen molar-refractivity contribution < 1.29 is 9.59 Å². The molecular weight excluding hydrogens is 339 g/mol. The fourth-order valence-electron chi connectivity index (χ4n) is 1.68. The molecule has 0 fully saturated rings. The van der Waals surface area contributed by atoms with Gasteiger partial charge >= 0.3 is 12.1 Å². The van der Waals surface area contributed by atoms with Gasteiger partial charge in [0, 0.05) is 11.4 Å². The smallest absolute Gasteiger partial charge is 0.308 e. The van der Waals surface area contributed by atoms with E-state index in [2.05, 4.69) is 21.3 Å². The summed E-state index contributed by atoms with van der Waals surface area (Å²) in [5, 5.41) is 9.52. The number of hydrogen-bond acceptors (Lipinski definition) is 2. The van der Waals surface area contributed by atoms with Crippen LogP contribution in [0.3, 0.4) is 0 Å². The molecule has 0 atom stereocenters. The van der Waals surface area contributed by atoms with E-state index in [0.717, 1.165) is 0 Å². The molecule has 0 aliphatic carbocycles. The number of hydrogen-bond donors (Lipinski definition) is 4. The summed E-state index contributed by atoms with van der Waals surface area (Å²) in [5.74, 6) is 0. The fraction of sp³-hybridized carbons (Fsp3) is 0.0667. The second-order valence-corrected chi connectivity index (χ2v) is 5.79. The Bertz CT molecular complexity index is 608. The van der Waals surface area contributed by atoms with Crippen LogP contribution in [0.4, 0.5) is 21.0 Å². The fourth-order valence-corrected chi connectivity index (χ4v) is 2.03. The molecule has 0 spiro atoms. The molecule has 4 amide bonds. The number of carbonyl (C=O) groups is 2. The Morgan fingerprint density at radius 3 is 1.39 bits per heavy atom. The number of para-hydroxylation sites is 2. The van der Waals surface area contributed by atoms with Gasteiger partial charge in [-0.05, 0) is 24.3 Å². The van der Waals surface area contributed by atoms with Crippen molar-refractivity contribution in [1.82, 2.24) is 10.6 Å². The Kier molecular flexibility index (Phi) is 5.67. The summed E-state index contributed by atoms with van der Waals surface area (Å²) >= 11 is 11.8. The van der Waals surface area contributed by atoms with Crippen molar-refractivity contribution >= 4 is 46.6 Å². The molecule has 2 rings (SSSR count). The van der Waals surface area contributed by atoms with Gasteiger partial charge in [-0.1, -0.05) is 59.6 Å². The average Bonchev–Trinajstić information content (AvgIpc) is 2.47. The van der Waals surface area contributed by atoms with Gasteiger partial charge in [0.15, 0.2) is 0 Å². The van der Waals surface area contributed by atoms with E-state index in [1.807, 2.05) is 12.1 Å². The Hall–Kier alpha value is -2.44. The van der Waals surface area contributed by atoms with Crippen LogP contribution in [0.15, 0.2) is 60.7 Å². The first-order valence-electron chi connectivity index (χ1n) is 6.61. The van der Waals surface area contributed by atoms with Gasteiger partial charge in [-0.25, -0.2) is 9.59 Å². The molecule has 2 aromatic rings. The van der Waals surface area contributed by atoms with E-state index < -0.39 is 16.6 Å². The summed E-state index contributed by atoms with van der Waals surface area (Å²) in [6.45, 7) is 0. The highest BCUT2D eigenvalue weighted by molar-refractivity contribution is 6.49. The van der Waals surface area contributed by atoms with Gasteiger partial charge in [-0.15, -0.1) is 0 Å². The molecule has 0 aliphatic rings. The summed E-state index contributed by atoms with van der Waals surface area (Å²) < 4.78 is -1.97. The van der Waals surface area contributed by atoms with E-state index >= 15 is 0 Å². The van der Waals surface area contributed by atoms with E-state index in [-0.39, 0.29) is 0 Å². The number of urea groups is 2. The van der Waals surface area contributed by atoms with Gasteiger partial charge in [0.1, 0.15) is 0 Å². The zero-order valence-corrected chi connectivity index (χ0v) is 13.4. The van der Waals surface area contributed by atoms with E-state index in [1.165, 1.54) is 0 Å². The molecule has 4 N–H and O–H groups in total. The zero-order chi connectivity index (χ0) is 16.7. The van der Waals surface area contributed by atoms with Gasteiger partial charge in [-0.2, -0.15) is 0 Å². The lowest BCUT2D eigenvalue weighted by molar-refractivity contribution is 0.241. The molecule has 6 nitrogen and oxygen atoms in total. The SMILES string of the molecule is O=C(Nc1ccccc1)NC(Cl)(Cl)NC(=O)Nc1ccccc1. The first kappa shape index (κ1) is 16.9. The quantitative estimate of drug-likeness (QED) is 0.384. The van der Waals surface area contributed by atoms with Crippen LogP contribution < -0.4 is 21.3 Å². The minimum Gasteiger partial charge on any atom is -0.308 e. The first-order valence-corrected chi connectivity index (χ1v) is 7.36. The Morgan fingerprint density at radius 1 is 0.696 bits per heavy atom. The van der Waals surface area contributed by atoms with Crippen molar-refractivity contribution in [1.29, 1.82) is 0 Å². The van der Waals surface area contributed by atoms with Crippen LogP contribution >= 0.6 is 23.2 Å². The van der Waals surface area contributed by atoms with Crippen molar-refractivity contribution in [2.75, 3.05) is 10.6 Å². The summed E-state index contributed by atoms with van der Waals surface area (Å²) in [7, 11) is 0. The largest absolute Gasteiger partial charge is 0.322 e. The Balaban J connectivity index is 1.85. The minimum atomic E-state index is -1.97. The Labute approximate surface area is 143 Å². The van der Waals surface area contributed by atoms with Crippen molar-refractivity contribution in [2.24, 2.45) is 0 Å². The molecule has 8 heteroatoms. The molecule has 0 unspecified atom stereocenters. The van der Waals surface area contributed by atoms with Crippen LogP contribution in [-0.4, -0.2) is 16.6 Å². The number of anilines is 2. The molecule has 0 bridgehead atoms. The van der Waals surface area contributed by atoms with Crippen LogP contribution in [0, 0.1) is 0 Å². The molecule has 0 radical (unpaired) electrons. The second-order valence-electron chi connectivity index (χ2n) is 4.46. The third-order valence-corrected chi connectivity index (χ3v) is 2.98. The minimum absolute atomic E-state index is 0.558. The van der Waals surface area contributed by atoms with E-state index in [1.54, 1.807) is 48.5 Å². The summed E-state index contributed by atoms with van der Waals surface area (Å²) in [5.41, 5.74) is 1.12. The molecule has 0 saturated heterocycles. The van der Waals surface area contributed by atoms with Crippen molar-refractivity contribution in [3.05, 3.63) is 60.7 Å². The van der Waals surface area contributed by atoms with Gasteiger partial charge < -0.3 is 10.6 Å². The first-order chi connectivity index (χ1) is 10.9. The number of rotatable bonds is 4. The van der Waals surface area contributed by atoms with E-state index in [0.29, 0.717) is 11.4 Å². The van der Waals surface area contributed by atoms with Crippen LogP contribution in [-0.2, 0) is 0 Å².